The Balaban J connectivity index is 3.15. The number of hydrogen-bond acceptors (Lipinski definition) is 4. The van der Waals surface area contributed by atoms with Crippen molar-refractivity contribution in [3.8, 4) is 0 Å². The van der Waals surface area contributed by atoms with Gasteiger partial charge >= 0.3 is 5.97 Å². The molecule has 0 saturated heterocycles. The molecule has 0 saturated carbocycles. The Kier molecular flexibility index (Phi) is 4.70. The number of ether oxygens (including phenoxy) is 1. The molecule has 0 heterocycles. The summed E-state index contributed by atoms with van der Waals surface area (Å²) in [6, 6.07) is 3.53. The highest BCUT2D eigenvalue weighted by Gasteiger charge is 2.35. The second-order valence-electron chi connectivity index (χ2n) is 4.30. The van der Waals surface area contributed by atoms with Gasteiger partial charge in [-0.25, -0.2) is 12.8 Å². The quantitative estimate of drug-likeness (QED) is 0.838. The van der Waals surface area contributed by atoms with Crippen LogP contribution in [-0.4, -0.2) is 27.0 Å². The van der Waals surface area contributed by atoms with Gasteiger partial charge in [-0.2, -0.15) is 4.72 Å². The molecule has 1 aromatic carbocycles. The van der Waals surface area contributed by atoms with Gasteiger partial charge in [0.15, 0.2) is 0 Å². The summed E-state index contributed by atoms with van der Waals surface area (Å²) in [5, 5.41) is 0. The third kappa shape index (κ3) is 3.74. The molecule has 8 heteroatoms. The maximum absolute atomic E-state index is 13.6. The van der Waals surface area contributed by atoms with Crippen LogP contribution in [0.5, 0.6) is 0 Å². The van der Waals surface area contributed by atoms with E-state index in [0.29, 0.717) is 4.47 Å². The summed E-state index contributed by atoms with van der Waals surface area (Å²) in [7, 11) is -3.03. The predicted octanol–water partition coefficient (Wildman–Crippen LogP) is 1.82. The minimum absolute atomic E-state index is 0.413. The molecule has 1 rings (SSSR count). The third-order valence-corrected chi connectivity index (χ3v) is 4.45. The number of methoxy groups -OCH3 is 1. The lowest BCUT2D eigenvalue weighted by molar-refractivity contribution is -0.146. The monoisotopic (exact) mass is 353 g/mol. The Bertz CT molecular complexity index is 601. The van der Waals surface area contributed by atoms with Crippen molar-refractivity contribution in [2.24, 2.45) is 0 Å². The van der Waals surface area contributed by atoms with Crippen molar-refractivity contribution < 1.29 is 22.3 Å². The standard InChI is InChI=1S/C11H13BrFNO4S/c1-11(2,10(15)18-3)14-19(16,17)9-5-4-7(12)6-8(9)13/h4-6,14H,1-3H3. The van der Waals surface area contributed by atoms with Crippen LogP contribution in [0.3, 0.4) is 0 Å². The minimum Gasteiger partial charge on any atom is -0.468 e. The number of esters is 1. The number of carbonyl (C=O) groups excluding carboxylic acids is 1. The maximum atomic E-state index is 13.6. The Morgan fingerprint density at radius 2 is 2.00 bits per heavy atom. The number of rotatable bonds is 4. The fourth-order valence-corrected chi connectivity index (χ4v) is 3.14. The van der Waals surface area contributed by atoms with Crippen LogP contribution in [0.25, 0.3) is 0 Å². The second kappa shape index (κ2) is 5.56. The van der Waals surface area contributed by atoms with Crippen molar-refractivity contribution >= 4 is 31.9 Å². The fourth-order valence-electron chi connectivity index (χ4n) is 1.38. The highest BCUT2D eigenvalue weighted by atomic mass is 79.9. The molecule has 0 fully saturated rings. The van der Waals surface area contributed by atoms with Crippen LogP contribution < -0.4 is 4.72 Å². The lowest BCUT2D eigenvalue weighted by Crippen LogP contribution is -2.50. The van der Waals surface area contributed by atoms with Crippen LogP contribution in [0.2, 0.25) is 0 Å². The number of hydrogen-bond donors (Lipinski definition) is 1. The molecule has 0 unspecified atom stereocenters. The maximum Gasteiger partial charge on any atom is 0.326 e. The molecule has 5 nitrogen and oxygen atoms in total. The van der Waals surface area contributed by atoms with E-state index in [1.807, 2.05) is 0 Å². The zero-order chi connectivity index (χ0) is 14.8. The summed E-state index contributed by atoms with van der Waals surface area (Å²) < 4.78 is 44.7. The molecule has 0 radical (unpaired) electrons. The minimum atomic E-state index is -4.17. The Labute approximate surface area is 119 Å². The van der Waals surface area contributed by atoms with Crippen molar-refractivity contribution in [3.63, 3.8) is 0 Å². The Hall–Kier alpha value is -0.990. The van der Waals surface area contributed by atoms with Gasteiger partial charge in [-0.1, -0.05) is 15.9 Å². The van der Waals surface area contributed by atoms with Crippen molar-refractivity contribution in [3.05, 3.63) is 28.5 Å². The molecule has 0 aromatic heterocycles. The van der Waals surface area contributed by atoms with Gasteiger partial charge in [0.1, 0.15) is 16.3 Å². The van der Waals surface area contributed by atoms with Crippen LogP contribution in [-0.2, 0) is 19.6 Å². The summed E-state index contributed by atoms with van der Waals surface area (Å²) in [5.41, 5.74) is -1.49. The van der Waals surface area contributed by atoms with Crippen LogP contribution in [0.1, 0.15) is 13.8 Å². The number of nitrogens with one attached hydrogen (secondary N) is 1. The summed E-state index contributed by atoms with van der Waals surface area (Å²) in [6.45, 7) is 2.65. The van der Waals surface area contributed by atoms with E-state index in [2.05, 4.69) is 25.4 Å². The molecular weight excluding hydrogens is 341 g/mol. The van der Waals surface area contributed by atoms with Crippen molar-refractivity contribution in [1.29, 1.82) is 0 Å². The smallest absolute Gasteiger partial charge is 0.326 e. The lowest BCUT2D eigenvalue weighted by Gasteiger charge is -2.22. The van der Waals surface area contributed by atoms with Gasteiger partial charge in [0, 0.05) is 4.47 Å². The van der Waals surface area contributed by atoms with Crippen LogP contribution >= 0.6 is 15.9 Å². The molecule has 0 amide bonds. The first kappa shape index (κ1) is 16.1. The van der Waals surface area contributed by atoms with E-state index in [9.17, 15) is 17.6 Å². The van der Waals surface area contributed by atoms with Crippen molar-refractivity contribution in [2.45, 2.75) is 24.3 Å². The molecule has 0 aliphatic heterocycles. The van der Waals surface area contributed by atoms with Crippen molar-refractivity contribution in [1.82, 2.24) is 4.72 Å². The summed E-state index contributed by atoms with van der Waals surface area (Å²) in [4.78, 5) is 10.9. The molecule has 19 heavy (non-hydrogen) atoms. The molecule has 0 spiro atoms. The molecule has 106 valence electrons. The molecule has 1 N–H and O–H groups in total. The molecule has 0 bridgehead atoms. The zero-order valence-corrected chi connectivity index (χ0v) is 12.9. The largest absolute Gasteiger partial charge is 0.468 e. The first-order valence-electron chi connectivity index (χ1n) is 5.17. The predicted molar refractivity (Wildman–Crippen MR) is 70.5 cm³/mol. The highest BCUT2D eigenvalue weighted by molar-refractivity contribution is 9.10. The van der Waals surface area contributed by atoms with E-state index in [4.69, 9.17) is 0 Å². The first-order chi connectivity index (χ1) is 8.60. The fraction of sp³-hybridized carbons (Fsp3) is 0.364. The Morgan fingerprint density at radius 1 is 1.42 bits per heavy atom. The van der Waals surface area contributed by atoms with Gasteiger partial charge in [-0.3, -0.25) is 4.79 Å². The molecular formula is C11H13BrFNO4S. The van der Waals surface area contributed by atoms with Gasteiger partial charge < -0.3 is 4.74 Å². The Morgan fingerprint density at radius 3 is 2.47 bits per heavy atom. The SMILES string of the molecule is COC(=O)C(C)(C)NS(=O)(=O)c1ccc(Br)cc1F. The number of halogens is 2. The first-order valence-corrected chi connectivity index (χ1v) is 7.45. The molecule has 1 aromatic rings. The number of sulfonamides is 1. The molecule has 0 aliphatic carbocycles. The van der Waals surface area contributed by atoms with Gasteiger partial charge in [0.05, 0.1) is 7.11 Å². The normalized spacial score (nSPS) is 12.3. The van der Waals surface area contributed by atoms with Gasteiger partial charge in [0.25, 0.3) is 0 Å². The van der Waals surface area contributed by atoms with Crippen LogP contribution in [0.15, 0.2) is 27.6 Å². The lowest BCUT2D eigenvalue weighted by atomic mass is 10.1. The number of carbonyl (C=O) groups is 1. The average molecular weight is 354 g/mol. The number of benzene rings is 1. The van der Waals surface area contributed by atoms with Crippen molar-refractivity contribution in [2.75, 3.05) is 7.11 Å². The van der Waals surface area contributed by atoms with Gasteiger partial charge in [-0.05, 0) is 32.0 Å². The third-order valence-electron chi connectivity index (χ3n) is 2.27. The molecule has 0 atom stereocenters. The average Bonchev–Trinajstić information content (AvgIpc) is 2.25. The summed E-state index contributed by atoms with van der Waals surface area (Å²) in [5.74, 6) is -1.68. The van der Waals surface area contributed by atoms with E-state index < -0.39 is 32.2 Å². The summed E-state index contributed by atoms with van der Waals surface area (Å²) >= 11 is 3.03. The van der Waals surface area contributed by atoms with E-state index in [-0.39, 0.29) is 0 Å². The summed E-state index contributed by atoms with van der Waals surface area (Å²) in [6.07, 6.45) is 0. The highest BCUT2D eigenvalue weighted by Crippen LogP contribution is 2.21. The van der Waals surface area contributed by atoms with Gasteiger partial charge in [0.2, 0.25) is 10.0 Å². The van der Waals surface area contributed by atoms with E-state index in [1.165, 1.54) is 19.9 Å². The van der Waals surface area contributed by atoms with Crippen LogP contribution in [0, 0.1) is 5.82 Å². The van der Waals surface area contributed by atoms with E-state index in [1.54, 1.807) is 0 Å². The second-order valence-corrected chi connectivity index (χ2v) is 6.86. The van der Waals surface area contributed by atoms with Crippen LogP contribution in [0.4, 0.5) is 4.39 Å². The topological polar surface area (TPSA) is 72.5 Å². The molecule has 0 aliphatic rings. The van der Waals surface area contributed by atoms with E-state index in [0.717, 1.165) is 19.2 Å². The van der Waals surface area contributed by atoms with E-state index >= 15 is 0 Å². The van der Waals surface area contributed by atoms with Gasteiger partial charge in [-0.15, -0.1) is 0 Å². The zero-order valence-electron chi connectivity index (χ0n) is 10.5.